The second-order valence-electron chi connectivity index (χ2n) is 6.01. The quantitative estimate of drug-likeness (QED) is 0.766. The molecule has 1 heterocycles. The molecule has 1 aliphatic carbocycles. The molecule has 1 aliphatic heterocycles. The van der Waals surface area contributed by atoms with Crippen LogP contribution in [0.4, 0.5) is 0 Å². The van der Waals surface area contributed by atoms with Crippen LogP contribution in [-0.4, -0.2) is 49.3 Å². The molecule has 17 heavy (non-hydrogen) atoms. The number of hydrogen-bond donors (Lipinski definition) is 2. The lowest BCUT2D eigenvalue weighted by Gasteiger charge is -2.40. The molecule has 2 aliphatic rings. The van der Waals surface area contributed by atoms with Gasteiger partial charge in [-0.1, -0.05) is 12.8 Å². The number of piperidine rings is 1. The van der Waals surface area contributed by atoms with Gasteiger partial charge in [-0.2, -0.15) is 0 Å². The van der Waals surface area contributed by atoms with Gasteiger partial charge in [0.2, 0.25) is 0 Å². The first-order chi connectivity index (χ1) is 8.28. The van der Waals surface area contributed by atoms with Crippen molar-refractivity contribution in [1.82, 2.24) is 10.2 Å². The van der Waals surface area contributed by atoms with Crippen molar-refractivity contribution in [3.05, 3.63) is 0 Å². The first-order valence-electron chi connectivity index (χ1n) is 7.28. The van der Waals surface area contributed by atoms with Crippen molar-refractivity contribution in [3.8, 4) is 0 Å². The Morgan fingerprint density at radius 1 is 1.18 bits per heavy atom. The van der Waals surface area contributed by atoms with E-state index in [2.05, 4.69) is 10.2 Å². The fraction of sp³-hybridized carbons (Fsp3) is 1.00. The Morgan fingerprint density at radius 3 is 2.35 bits per heavy atom. The maximum atomic E-state index is 9.01. The molecule has 1 atom stereocenters. The lowest BCUT2D eigenvalue weighted by Crippen LogP contribution is -2.45. The standard InChI is InChI=1S/C14H28N2O/c1-15-13(4-11-17)12-16-9-7-14(8-10-16)5-2-3-6-14/h13,15,17H,2-12H2,1H3. The molecule has 0 aromatic heterocycles. The summed E-state index contributed by atoms with van der Waals surface area (Å²) in [6.45, 7) is 3.93. The molecule has 1 saturated carbocycles. The minimum atomic E-state index is 0.295. The monoisotopic (exact) mass is 240 g/mol. The Bertz CT molecular complexity index is 216. The van der Waals surface area contributed by atoms with Gasteiger partial charge in [-0.15, -0.1) is 0 Å². The fourth-order valence-corrected chi connectivity index (χ4v) is 3.63. The zero-order chi connectivity index (χ0) is 12.1. The lowest BCUT2D eigenvalue weighted by molar-refractivity contribution is 0.0977. The van der Waals surface area contributed by atoms with Crippen molar-refractivity contribution in [3.63, 3.8) is 0 Å². The smallest absolute Gasteiger partial charge is 0.0446 e. The van der Waals surface area contributed by atoms with Crippen molar-refractivity contribution >= 4 is 0 Å². The second kappa shape index (κ2) is 6.17. The topological polar surface area (TPSA) is 35.5 Å². The average Bonchev–Trinajstić information content (AvgIpc) is 2.80. The predicted molar refractivity (Wildman–Crippen MR) is 71.1 cm³/mol. The van der Waals surface area contributed by atoms with Gasteiger partial charge in [0.15, 0.2) is 0 Å². The summed E-state index contributed by atoms with van der Waals surface area (Å²) in [7, 11) is 2.00. The highest BCUT2D eigenvalue weighted by atomic mass is 16.3. The Morgan fingerprint density at radius 2 is 1.82 bits per heavy atom. The minimum absolute atomic E-state index is 0.295. The number of nitrogens with one attached hydrogen (secondary N) is 1. The van der Waals surface area contributed by atoms with Crippen LogP contribution >= 0.6 is 0 Å². The number of aliphatic hydroxyl groups excluding tert-OH is 1. The van der Waals surface area contributed by atoms with Crippen molar-refractivity contribution in [2.75, 3.05) is 33.3 Å². The average molecular weight is 240 g/mol. The van der Waals surface area contributed by atoms with Gasteiger partial charge in [-0.05, 0) is 57.7 Å². The molecule has 3 nitrogen and oxygen atoms in total. The van der Waals surface area contributed by atoms with Crippen LogP contribution in [0.15, 0.2) is 0 Å². The molecular weight excluding hydrogens is 212 g/mol. The van der Waals surface area contributed by atoms with E-state index in [-0.39, 0.29) is 0 Å². The number of hydrogen-bond acceptors (Lipinski definition) is 3. The van der Waals surface area contributed by atoms with E-state index in [1.54, 1.807) is 0 Å². The van der Waals surface area contributed by atoms with Crippen molar-refractivity contribution < 1.29 is 5.11 Å². The summed E-state index contributed by atoms with van der Waals surface area (Å²) in [6, 6.07) is 0.456. The number of aliphatic hydroxyl groups is 1. The molecule has 1 unspecified atom stereocenters. The number of likely N-dealkylation sites (N-methyl/N-ethyl adjacent to an activating group) is 1. The van der Waals surface area contributed by atoms with E-state index in [9.17, 15) is 0 Å². The number of likely N-dealkylation sites (tertiary alicyclic amines) is 1. The molecule has 3 heteroatoms. The van der Waals surface area contributed by atoms with Crippen LogP contribution in [0, 0.1) is 5.41 Å². The van der Waals surface area contributed by atoms with Crippen LogP contribution in [0.3, 0.4) is 0 Å². The van der Waals surface area contributed by atoms with E-state index in [0.717, 1.165) is 18.4 Å². The number of rotatable bonds is 5. The first kappa shape index (κ1) is 13.3. The molecule has 2 N–H and O–H groups in total. The van der Waals surface area contributed by atoms with Gasteiger partial charge in [0.25, 0.3) is 0 Å². The van der Waals surface area contributed by atoms with E-state index in [0.29, 0.717) is 12.6 Å². The fourth-order valence-electron chi connectivity index (χ4n) is 3.63. The molecule has 0 radical (unpaired) electrons. The Hall–Kier alpha value is -0.120. The van der Waals surface area contributed by atoms with E-state index in [1.807, 2.05) is 7.05 Å². The third-order valence-corrected chi connectivity index (χ3v) is 4.95. The van der Waals surface area contributed by atoms with Crippen molar-refractivity contribution in [2.24, 2.45) is 5.41 Å². The highest BCUT2D eigenvalue weighted by molar-refractivity contribution is 4.90. The highest BCUT2D eigenvalue weighted by Crippen LogP contribution is 2.46. The summed E-state index contributed by atoms with van der Waals surface area (Å²) >= 11 is 0. The molecule has 0 aromatic carbocycles. The predicted octanol–water partition coefficient (Wildman–Crippen LogP) is 1.61. The summed E-state index contributed by atoms with van der Waals surface area (Å²) in [5.74, 6) is 0. The van der Waals surface area contributed by atoms with Crippen LogP contribution in [0.25, 0.3) is 0 Å². The Labute approximate surface area is 106 Å². The molecule has 2 fully saturated rings. The second-order valence-corrected chi connectivity index (χ2v) is 6.01. The summed E-state index contributed by atoms with van der Waals surface area (Å²) in [4.78, 5) is 2.58. The van der Waals surface area contributed by atoms with Gasteiger partial charge in [0, 0.05) is 19.2 Å². The van der Waals surface area contributed by atoms with E-state index in [4.69, 9.17) is 5.11 Å². The van der Waals surface area contributed by atoms with Gasteiger partial charge in [-0.3, -0.25) is 0 Å². The van der Waals surface area contributed by atoms with Gasteiger partial charge in [0.05, 0.1) is 0 Å². The maximum absolute atomic E-state index is 9.01. The maximum Gasteiger partial charge on any atom is 0.0446 e. The SMILES string of the molecule is CNC(CCO)CN1CCC2(CCCC2)CC1. The summed E-state index contributed by atoms with van der Waals surface area (Å²) < 4.78 is 0. The van der Waals surface area contributed by atoms with Crippen molar-refractivity contribution in [1.29, 1.82) is 0 Å². The molecule has 2 rings (SSSR count). The largest absolute Gasteiger partial charge is 0.396 e. The van der Waals surface area contributed by atoms with Crippen LogP contribution < -0.4 is 5.32 Å². The first-order valence-corrected chi connectivity index (χ1v) is 7.28. The summed E-state index contributed by atoms with van der Waals surface area (Å²) in [6.07, 6.45) is 9.57. The third kappa shape index (κ3) is 3.43. The zero-order valence-corrected chi connectivity index (χ0v) is 11.2. The van der Waals surface area contributed by atoms with E-state index < -0.39 is 0 Å². The Kier molecular flexibility index (Phi) is 4.83. The normalized spacial score (nSPS) is 26.5. The zero-order valence-electron chi connectivity index (χ0n) is 11.2. The van der Waals surface area contributed by atoms with Gasteiger partial charge < -0.3 is 15.3 Å². The summed E-state index contributed by atoms with van der Waals surface area (Å²) in [5.41, 5.74) is 0.725. The molecule has 1 spiro atoms. The van der Waals surface area contributed by atoms with Crippen LogP contribution in [0.1, 0.15) is 44.9 Å². The van der Waals surface area contributed by atoms with Crippen LogP contribution in [0.5, 0.6) is 0 Å². The van der Waals surface area contributed by atoms with Gasteiger partial charge in [0.1, 0.15) is 0 Å². The minimum Gasteiger partial charge on any atom is -0.396 e. The molecule has 0 aromatic rings. The summed E-state index contributed by atoms with van der Waals surface area (Å²) in [5, 5.41) is 12.3. The van der Waals surface area contributed by atoms with Crippen molar-refractivity contribution in [2.45, 2.75) is 51.0 Å². The molecule has 100 valence electrons. The lowest BCUT2D eigenvalue weighted by atomic mass is 9.77. The van der Waals surface area contributed by atoms with Gasteiger partial charge in [-0.25, -0.2) is 0 Å². The van der Waals surface area contributed by atoms with Crippen LogP contribution in [-0.2, 0) is 0 Å². The van der Waals surface area contributed by atoms with Crippen LogP contribution in [0.2, 0.25) is 0 Å². The van der Waals surface area contributed by atoms with Gasteiger partial charge >= 0.3 is 0 Å². The third-order valence-electron chi connectivity index (χ3n) is 4.95. The molecular formula is C14H28N2O. The van der Waals surface area contributed by atoms with E-state index >= 15 is 0 Å². The Balaban J connectivity index is 1.74. The highest BCUT2D eigenvalue weighted by Gasteiger charge is 2.36. The molecule has 1 saturated heterocycles. The van der Waals surface area contributed by atoms with E-state index in [1.165, 1.54) is 51.6 Å². The number of nitrogens with zero attached hydrogens (tertiary/aromatic N) is 1. The molecule has 0 amide bonds. The molecule has 0 bridgehead atoms.